The average molecular weight is 350 g/mol. The van der Waals surface area contributed by atoms with Crippen LogP contribution in [0.4, 0.5) is 5.82 Å². The predicted octanol–water partition coefficient (Wildman–Crippen LogP) is 3.19. The predicted molar refractivity (Wildman–Crippen MR) is 102 cm³/mol. The van der Waals surface area contributed by atoms with E-state index in [0.29, 0.717) is 13.0 Å². The van der Waals surface area contributed by atoms with E-state index in [1.165, 1.54) is 12.0 Å². The monoisotopic (exact) mass is 350 g/mol. The van der Waals surface area contributed by atoms with Gasteiger partial charge in [-0.25, -0.2) is 4.98 Å². The molecule has 0 saturated carbocycles. The van der Waals surface area contributed by atoms with Crippen molar-refractivity contribution in [2.75, 3.05) is 24.5 Å². The number of pyridine rings is 2. The maximum Gasteiger partial charge on any atom is 0.222 e. The first kappa shape index (κ1) is 17.0. The quantitative estimate of drug-likeness (QED) is 0.853. The molecule has 1 amide bonds. The van der Waals surface area contributed by atoms with Crippen molar-refractivity contribution in [3.8, 4) is 0 Å². The molecule has 0 radical (unpaired) electrons. The third kappa shape index (κ3) is 3.57. The van der Waals surface area contributed by atoms with Gasteiger partial charge in [-0.1, -0.05) is 6.07 Å². The average Bonchev–Trinajstić information content (AvgIpc) is 2.66. The number of rotatable bonds is 3. The molecule has 4 rings (SSSR count). The van der Waals surface area contributed by atoms with E-state index in [4.69, 9.17) is 0 Å². The van der Waals surface area contributed by atoms with Gasteiger partial charge in [0.1, 0.15) is 5.82 Å². The molecular formula is C21H26N4O. The van der Waals surface area contributed by atoms with E-state index in [2.05, 4.69) is 27.9 Å². The number of amides is 1. The number of aryl methyl sites for hydroxylation is 1. The zero-order chi connectivity index (χ0) is 18.0. The van der Waals surface area contributed by atoms with Crippen molar-refractivity contribution in [3.63, 3.8) is 0 Å². The Hall–Kier alpha value is -2.43. The van der Waals surface area contributed by atoms with Gasteiger partial charge in [-0.2, -0.15) is 0 Å². The van der Waals surface area contributed by atoms with Crippen LogP contribution < -0.4 is 4.90 Å². The maximum atomic E-state index is 12.5. The Morgan fingerprint density at radius 3 is 2.85 bits per heavy atom. The highest BCUT2D eigenvalue weighted by molar-refractivity contribution is 5.77. The first-order valence-corrected chi connectivity index (χ1v) is 9.49. The number of hydrogen-bond donors (Lipinski definition) is 0. The largest absolute Gasteiger partial charge is 0.356 e. The number of likely N-dealkylation sites (tertiary alicyclic amines) is 1. The van der Waals surface area contributed by atoms with Gasteiger partial charge in [0.2, 0.25) is 5.91 Å². The van der Waals surface area contributed by atoms with Crippen molar-refractivity contribution in [2.24, 2.45) is 5.41 Å². The topological polar surface area (TPSA) is 49.3 Å². The summed E-state index contributed by atoms with van der Waals surface area (Å²) in [6, 6.07) is 10.1. The molecule has 1 spiro atoms. The maximum absolute atomic E-state index is 12.5. The van der Waals surface area contributed by atoms with Crippen molar-refractivity contribution in [2.45, 2.75) is 39.2 Å². The van der Waals surface area contributed by atoms with Gasteiger partial charge in [-0.05, 0) is 56.0 Å². The molecule has 5 heteroatoms. The minimum absolute atomic E-state index is 0.173. The van der Waals surface area contributed by atoms with E-state index >= 15 is 0 Å². The van der Waals surface area contributed by atoms with Gasteiger partial charge >= 0.3 is 0 Å². The highest BCUT2D eigenvalue weighted by atomic mass is 16.2. The van der Waals surface area contributed by atoms with Crippen molar-refractivity contribution in [1.29, 1.82) is 0 Å². The standard InChI is InChI=1S/C21H26N4O/c1-17-7-11-23-19(13-17)24-12-4-8-21(15-24)9-6-20(26)25(16-21)14-18-5-2-3-10-22-18/h2-3,5,7,10-11,13H,4,6,8-9,12,14-16H2,1H3/t21-/m0/s1. The molecule has 2 aromatic heterocycles. The molecule has 2 aliphatic rings. The van der Waals surface area contributed by atoms with Crippen LogP contribution in [-0.4, -0.2) is 40.4 Å². The normalized spacial score (nSPS) is 23.5. The number of aromatic nitrogens is 2. The summed E-state index contributed by atoms with van der Waals surface area (Å²) in [5.74, 6) is 1.32. The summed E-state index contributed by atoms with van der Waals surface area (Å²) in [4.78, 5) is 25.9. The lowest BCUT2D eigenvalue weighted by Gasteiger charge is -2.48. The summed E-state index contributed by atoms with van der Waals surface area (Å²) >= 11 is 0. The van der Waals surface area contributed by atoms with Crippen LogP contribution in [0.2, 0.25) is 0 Å². The van der Waals surface area contributed by atoms with Crippen LogP contribution in [0, 0.1) is 12.3 Å². The molecule has 0 unspecified atom stereocenters. The van der Waals surface area contributed by atoms with Crippen LogP contribution in [0.1, 0.15) is 36.9 Å². The lowest BCUT2D eigenvalue weighted by Crippen LogP contribution is -2.54. The Bertz CT molecular complexity index is 779. The molecule has 1 atom stereocenters. The number of carbonyl (C=O) groups is 1. The summed E-state index contributed by atoms with van der Waals surface area (Å²) in [7, 11) is 0. The molecule has 2 aliphatic heterocycles. The Balaban J connectivity index is 1.51. The molecule has 2 saturated heterocycles. The van der Waals surface area contributed by atoms with Gasteiger partial charge in [0.15, 0.2) is 0 Å². The molecule has 0 N–H and O–H groups in total. The van der Waals surface area contributed by atoms with E-state index in [9.17, 15) is 4.79 Å². The first-order valence-electron chi connectivity index (χ1n) is 9.49. The lowest BCUT2D eigenvalue weighted by molar-refractivity contribution is -0.138. The third-order valence-electron chi connectivity index (χ3n) is 5.71. The number of carbonyl (C=O) groups excluding carboxylic acids is 1. The second-order valence-electron chi connectivity index (χ2n) is 7.79. The molecule has 0 bridgehead atoms. The first-order chi connectivity index (χ1) is 12.6. The fraction of sp³-hybridized carbons (Fsp3) is 0.476. The van der Waals surface area contributed by atoms with Crippen LogP contribution in [-0.2, 0) is 11.3 Å². The Morgan fingerprint density at radius 1 is 1.12 bits per heavy atom. The minimum atomic E-state index is 0.173. The van der Waals surface area contributed by atoms with E-state index in [1.807, 2.05) is 35.4 Å². The summed E-state index contributed by atoms with van der Waals surface area (Å²) < 4.78 is 0. The van der Waals surface area contributed by atoms with Crippen LogP contribution in [0.15, 0.2) is 42.7 Å². The van der Waals surface area contributed by atoms with Crippen molar-refractivity contribution in [1.82, 2.24) is 14.9 Å². The van der Waals surface area contributed by atoms with E-state index < -0.39 is 0 Å². The molecule has 0 aliphatic carbocycles. The number of anilines is 1. The second kappa shape index (κ2) is 7.06. The van der Waals surface area contributed by atoms with Gasteiger partial charge in [-0.3, -0.25) is 9.78 Å². The molecule has 26 heavy (non-hydrogen) atoms. The minimum Gasteiger partial charge on any atom is -0.356 e. The molecular weight excluding hydrogens is 324 g/mol. The Kier molecular flexibility index (Phi) is 4.62. The summed E-state index contributed by atoms with van der Waals surface area (Å²) in [5.41, 5.74) is 2.38. The highest BCUT2D eigenvalue weighted by Gasteiger charge is 2.42. The molecule has 5 nitrogen and oxygen atoms in total. The van der Waals surface area contributed by atoms with E-state index in [1.54, 1.807) is 6.20 Å². The van der Waals surface area contributed by atoms with Crippen LogP contribution in [0.25, 0.3) is 0 Å². The van der Waals surface area contributed by atoms with Crippen LogP contribution in [0.5, 0.6) is 0 Å². The third-order valence-corrected chi connectivity index (χ3v) is 5.71. The molecule has 4 heterocycles. The van der Waals surface area contributed by atoms with Crippen molar-refractivity contribution < 1.29 is 4.79 Å². The fourth-order valence-electron chi connectivity index (χ4n) is 4.36. The molecule has 2 aromatic rings. The summed E-state index contributed by atoms with van der Waals surface area (Å²) in [6.07, 6.45) is 7.65. The summed E-state index contributed by atoms with van der Waals surface area (Å²) in [5, 5.41) is 0. The van der Waals surface area contributed by atoms with Gasteiger partial charge in [0.25, 0.3) is 0 Å². The highest BCUT2D eigenvalue weighted by Crippen LogP contribution is 2.40. The SMILES string of the molecule is Cc1ccnc(N2CCC[C@]3(CCC(=O)N(Cc4ccccn4)C3)C2)c1. The van der Waals surface area contributed by atoms with Crippen LogP contribution >= 0.6 is 0 Å². The van der Waals surface area contributed by atoms with Gasteiger partial charge in [0.05, 0.1) is 12.2 Å². The smallest absolute Gasteiger partial charge is 0.222 e. The van der Waals surface area contributed by atoms with Gasteiger partial charge in [0, 0.05) is 43.9 Å². The lowest BCUT2D eigenvalue weighted by atomic mass is 9.73. The van der Waals surface area contributed by atoms with Crippen molar-refractivity contribution in [3.05, 3.63) is 54.0 Å². The molecule has 2 fully saturated rings. The van der Waals surface area contributed by atoms with Gasteiger partial charge in [-0.15, -0.1) is 0 Å². The van der Waals surface area contributed by atoms with E-state index in [-0.39, 0.29) is 11.3 Å². The summed E-state index contributed by atoms with van der Waals surface area (Å²) in [6.45, 7) is 5.58. The van der Waals surface area contributed by atoms with Crippen molar-refractivity contribution >= 4 is 11.7 Å². The number of nitrogens with zero attached hydrogens (tertiary/aromatic N) is 4. The number of hydrogen-bond acceptors (Lipinski definition) is 4. The van der Waals surface area contributed by atoms with Crippen LogP contribution in [0.3, 0.4) is 0 Å². The molecule has 0 aromatic carbocycles. The zero-order valence-corrected chi connectivity index (χ0v) is 15.4. The van der Waals surface area contributed by atoms with Gasteiger partial charge < -0.3 is 9.80 Å². The zero-order valence-electron chi connectivity index (χ0n) is 15.4. The van der Waals surface area contributed by atoms with E-state index in [0.717, 1.165) is 44.0 Å². The number of piperidine rings is 2. The molecule has 136 valence electrons. The fourth-order valence-corrected chi connectivity index (χ4v) is 4.36. The Labute approximate surface area is 155 Å². The Morgan fingerprint density at radius 2 is 2.04 bits per heavy atom. The second-order valence-corrected chi connectivity index (χ2v) is 7.79.